The Morgan fingerprint density at radius 3 is 3.06 bits per heavy atom. The van der Waals surface area contributed by atoms with E-state index in [9.17, 15) is 4.79 Å². The zero-order chi connectivity index (χ0) is 12.7. The highest BCUT2D eigenvalue weighted by atomic mass is 32.1. The van der Waals surface area contributed by atoms with Crippen molar-refractivity contribution in [3.8, 4) is 0 Å². The van der Waals surface area contributed by atoms with Crippen LogP contribution in [0.25, 0.3) is 0 Å². The van der Waals surface area contributed by atoms with E-state index >= 15 is 0 Å². The molecule has 3 nitrogen and oxygen atoms in total. The van der Waals surface area contributed by atoms with Crippen LogP contribution in [0, 0.1) is 12.8 Å². The number of aryl methyl sites for hydroxylation is 1. The minimum absolute atomic E-state index is 0.0785. The Kier molecular flexibility index (Phi) is 2.82. The summed E-state index contributed by atoms with van der Waals surface area (Å²) in [7, 11) is 0. The van der Waals surface area contributed by atoms with Gasteiger partial charge in [-0.3, -0.25) is 9.79 Å². The lowest BCUT2D eigenvalue weighted by molar-refractivity contribution is 0.0905. The van der Waals surface area contributed by atoms with E-state index in [2.05, 4.69) is 28.7 Å². The second-order valence-corrected chi connectivity index (χ2v) is 5.92. The van der Waals surface area contributed by atoms with E-state index in [4.69, 9.17) is 0 Å². The number of carbonyl (C=O) groups excluding carboxylic acids is 1. The van der Waals surface area contributed by atoms with Gasteiger partial charge in [0.15, 0.2) is 0 Å². The van der Waals surface area contributed by atoms with Crippen LogP contribution in [0.5, 0.6) is 0 Å². The van der Waals surface area contributed by atoms with Crippen molar-refractivity contribution in [3.05, 3.63) is 33.5 Å². The second kappa shape index (κ2) is 4.35. The number of fused-ring (bicyclic) bond motifs is 1. The van der Waals surface area contributed by atoms with Crippen molar-refractivity contribution >= 4 is 23.5 Å². The summed E-state index contributed by atoms with van der Waals surface area (Å²) in [6.07, 6.45) is 5.95. The predicted molar refractivity (Wildman–Crippen MR) is 74.7 cm³/mol. The number of dihydropyridines is 1. The molecule has 94 valence electrons. The molecule has 3 rings (SSSR count). The molecular formula is C14H16N2OS. The molecule has 0 spiro atoms. The predicted octanol–water partition coefficient (Wildman–Crippen LogP) is 2.53. The smallest absolute Gasteiger partial charge is 0.252 e. The monoisotopic (exact) mass is 260 g/mol. The lowest BCUT2D eigenvalue weighted by Crippen LogP contribution is -2.48. The van der Waals surface area contributed by atoms with E-state index in [0.717, 1.165) is 17.7 Å². The first kappa shape index (κ1) is 11.7. The molecule has 2 aliphatic rings. The topological polar surface area (TPSA) is 41.5 Å². The zero-order valence-corrected chi connectivity index (χ0v) is 11.3. The van der Waals surface area contributed by atoms with E-state index in [1.165, 1.54) is 4.88 Å². The number of hydrogen-bond acceptors (Lipinski definition) is 3. The van der Waals surface area contributed by atoms with Gasteiger partial charge < -0.3 is 5.32 Å². The van der Waals surface area contributed by atoms with Crippen molar-refractivity contribution in [2.75, 3.05) is 6.54 Å². The van der Waals surface area contributed by atoms with Gasteiger partial charge >= 0.3 is 0 Å². The Hall–Kier alpha value is -1.42. The third-order valence-electron chi connectivity index (χ3n) is 3.81. The number of amides is 1. The lowest BCUT2D eigenvalue weighted by Gasteiger charge is -2.34. The van der Waals surface area contributed by atoms with E-state index in [1.54, 1.807) is 11.3 Å². The fourth-order valence-corrected chi connectivity index (χ4v) is 3.96. The highest BCUT2D eigenvalue weighted by Crippen LogP contribution is 2.37. The van der Waals surface area contributed by atoms with Crippen LogP contribution in [0.3, 0.4) is 0 Å². The molecule has 0 fully saturated rings. The third-order valence-corrected chi connectivity index (χ3v) is 5.11. The van der Waals surface area contributed by atoms with E-state index in [1.807, 2.05) is 19.2 Å². The molecule has 0 bridgehead atoms. The summed E-state index contributed by atoms with van der Waals surface area (Å²) < 4.78 is 0. The maximum absolute atomic E-state index is 12.2. The van der Waals surface area contributed by atoms with Gasteiger partial charge in [-0.2, -0.15) is 0 Å². The highest BCUT2D eigenvalue weighted by Gasteiger charge is 2.36. The molecule has 1 aromatic rings. The Morgan fingerprint density at radius 2 is 2.33 bits per heavy atom. The van der Waals surface area contributed by atoms with Crippen LogP contribution < -0.4 is 5.32 Å². The maximum atomic E-state index is 12.2. The summed E-state index contributed by atoms with van der Waals surface area (Å²) in [5.74, 6) is 0.749. The van der Waals surface area contributed by atoms with Crippen LogP contribution in [0.1, 0.15) is 33.6 Å². The largest absolute Gasteiger partial charge is 0.348 e. The summed E-state index contributed by atoms with van der Waals surface area (Å²) in [5.41, 5.74) is 1.99. The Bertz CT molecular complexity index is 544. The number of aliphatic imine (C=N–C) groups is 1. The molecule has 0 saturated carbocycles. The van der Waals surface area contributed by atoms with Gasteiger partial charge in [0.1, 0.15) is 0 Å². The fraction of sp³-hybridized carbons (Fsp3) is 0.429. The van der Waals surface area contributed by atoms with Crippen LogP contribution in [0.4, 0.5) is 0 Å². The van der Waals surface area contributed by atoms with Gasteiger partial charge in [-0.05, 0) is 23.9 Å². The quantitative estimate of drug-likeness (QED) is 0.828. The third kappa shape index (κ3) is 1.72. The molecule has 0 aliphatic carbocycles. The first-order valence-corrected chi connectivity index (χ1v) is 7.12. The zero-order valence-electron chi connectivity index (χ0n) is 10.5. The molecule has 18 heavy (non-hydrogen) atoms. The van der Waals surface area contributed by atoms with E-state index in [0.29, 0.717) is 11.8 Å². The van der Waals surface area contributed by atoms with Gasteiger partial charge in [-0.15, -0.1) is 11.3 Å². The Morgan fingerprint density at radius 1 is 1.50 bits per heavy atom. The molecule has 3 unspecified atom stereocenters. The first-order chi connectivity index (χ1) is 8.68. The van der Waals surface area contributed by atoms with Crippen LogP contribution in [0.2, 0.25) is 0 Å². The summed E-state index contributed by atoms with van der Waals surface area (Å²) >= 11 is 1.71. The molecule has 3 atom stereocenters. The molecule has 1 N–H and O–H groups in total. The number of nitrogens with one attached hydrogen (secondary N) is 1. The summed E-state index contributed by atoms with van der Waals surface area (Å²) in [4.78, 5) is 17.7. The molecule has 1 aromatic heterocycles. The standard InChI is InChI=1S/C14H16N2OS/c1-8-7-18-13-9(2)12(16-14(17)11(8)13)10-4-3-5-15-6-10/h3-5,7,9-10,12H,6H2,1-2H3,(H,16,17). The van der Waals surface area contributed by atoms with Gasteiger partial charge in [-0.1, -0.05) is 13.0 Å². The van der Waals surface area contributed by atoms with Crippen LogP contribution >= 0.6 is 11.3 Å². The van der Waals surface area contributed by atoms with Gasteiger partial charge in [-0.25, -0.2) is 0 Å². The number of allylic oxidation sites excluding steroid dienone is 1. The van der Waals surface area contributed by atoms with Crippen LogP contribution in [-0.2, 0) is 0 Å². The van der Waals surface area contributed by atoms with E-state index in [-0.39, 0.29) is 11.9 Å². The average Bonchev–Trinajstić information content (AvgIpc) is 2.78. The molecule has 3 heterocycles. The van der Waals surface area contributed by atoms with Crippen LogP contribution in [-0.4, -0.2) is 24.7 Å². The lowest BCUT2D eigenvalue weighted by atomic mass is 9.83. The maximum Gasteiger partial charge on any atom is 0.252 e. The summed E-state index contributed by atoms with van der Waals surface area (Å²) in [6.45, 7) is 4.98. The van der Waals surface area contributed by atoms with Crippen molar-refractivity contribution in [2.24, 2.45) is 10.9 Å². The molecular weight excluding hydrogens is 244 g/mol. The fourth-order valence-electron chi connectivity index (χ4n) is 2.81. The van der Waals surface area contributed by atoms with Gasteiger partial charge in [0, 0.05) is 35.5 Å². The molecule has 2 aliphatic heterocycles. The van der Waals surface area contributed by atoms with Gasteiger partial charge in [0.05, 0.1) is 5.56 Å². The van der Waals surface area contributed by atoms with Crippen LogP contribution in [0.15, 0.2) is 22.5 Å². The van der Waals surface area contributed by atoms with Gasteiger partial charge in [0.2, 0.25) is 0 Å². The minimum Gasteiger partial charge on any atom is -0.348 e. The molecule has 1 amide bonds. The second-order valence-electron chi connectivity index (χ2n) is 5.01. The summed E-state index contributed by atoms with van der Waals surface area (Å²) in [5, 5.41) is 5.24. The number of nitrogens with zero attached hydrogens (tertiary/aromatic N) is 1. The SMILES string of the molecule is Cc1csc2c1C(=O)NC(C1C=CC=NC1)C2C. The van der Waals surface area contributed by atoms with E-state index < -0.39 is 0 Å². The number of rotatable bonds is 1. The highest BCUT2D eigenvalue weighted by molar-refractivity contribution is 7.10. The Balaban J connectivity index is 1.94. The van der Waals surface area contributed by atoms with Crippen molar-refractivity contribution in [1.29, 1.82) is 0 Å². The molecule has 0 radical (unpaired) electrons. The molecule has 0 aromatic carbocycles. The summed E-state index contributed by atoms with van der Waals surface area (Å²) in [6, 6.07) is 0.164. The van der Waals surface area contributed by atoms with Crippen molar-refractivity contribution in [3.63, 3.8) is 0 Å². The van der Waals surface area contributed by atoms with Crippen molar-refractivity contribution in [1.82, 2.24) is 5.32 Å². The first-order valence-electron chi connectivity index (χ1n) is 6.24. The van der Waals surface area contributed by atoms with Crippen molar-refractivity contribution < 1.29 is 4.79 Å². The number of thiophene rings is 1. The normalized spacial score (nSPS) is 30.1. The molecule has 0 saturated heterocycles. The molecule has 4 heteroatoms. The average molecular weight is 260 g/mol. The Labute approximate surface area is 111 Å². The van der Waals surface area contributed by atoms with Gasteiger partial charge in [0.25, 0.3) is 5.91 Å². The number of carbonyl (C=O) groups is 1. The number of hydrogen-bond donors (Lipinski definition) is 1. The minimum atomic E-state index is 0.0785. The van der Waals surface area contributed by atoms with Crippen molar-refractivity contribution in [2.45, 2.75) is 25.8 Å².